The Balaban J connectivity index is 2.05. The second-order valence-corrected chi connectivity index (χ2v) is 4.26. The monoisotopic (exact) mass is 241 g/mol. The zero-order chi connectivity index (χ0) is 9.26. The number of rotatable bonds is 3. The summed E-state index contributed by atoms with van der Waals surface area (Å²) in [5.74, 6) is 0.357. The average molecular weight is 242 g/mol. The first kappa shape index (κ1) is 9.03. The van der Waals surface area contributed by atoms with Crippen LogP contribution in [0.25, 0.3) is 0 Å². The minimum atomic E-state index is 0.357. The molecule has 0 unspecified atom stereocenters. The Morgan fingerprint density at radius 1 is 1.46 bits per heavy atom. The van der Waals surface area contributed by atoms with Crippen LogP contribution >= 0.6 is 15.9 Å². The van der Waals surface area contributed by atoms with E-state index in [1.54, 1.807) is 0 Å². The summed E-state index contributed by atoms with van der Waals surface area (Å²) < 4.78 is 0.766. The zero-order valence-corrected chi connectivity index (χ0v) is 8.84. The number of halogens is 1. The van der Waals surface area contributed by atoms with Gasteiger partial charge in [0.1, 0.15) is 5.75 Å². The third-order valence-corrected chi connectivity index (χ3v) is 2.87. The molecule has 0 spiro atoms. The second kappa shape index (κ2) is 3.68. The molecule has 0 aromatic heterocycles. The van der Waals surface area contributed by atoms with Crippen LogP contribution in [0.15, 0.2) is 22.7 Å². The van der Waals surface area contributed by atoms with Gasteiger partial charge in [-0.15, -0.1) is 0 Å². The second-order valence-electron chi connectivity index (χ2n) is 3.40. The molecule has 2 rings (SSSR count). The summed E-state index contributed by atoms with van der Waals surface area (Å²) in [6.45, 7) is 0.760. The van der Waals surface area contributed by atoms with Gasteiger partial charge in [0.25, 0.3) is 0 Å². The van der Waals surface area contributed by atoms with E-state index in [-0.39, 0.29) is 0 Å². The number of nitrogens with one attached hydrogen (secondary N) is 1. The predicted octanol–water partition coefficient (Wildman–Crippen LogP) is 2.41. The molecule has 1 aromatic carbocycles. The van der Waals surface area contributed by atoms with E-state index in [4.69, 9.17) is 0 Å². The molecule has 13 heavy (non-hydrogen) atoms. The SMILES string of the molecule is Oc1c(Br)cccc1CNC1CC1. The van der Waals surface area contributed by atoms with Gasteiger partial charge in [0.15, 0.2) is 0 Å². The van der Waals surface area contributed by atoms with E-state index >= 15 is 0 Å². The molecule has 2 nitrogen and oxygen atoms in total. The van der Waals surface area contributed by atoms with Gasteiger partial charge in [-0.1, -0.05) is 12.1 Å². The molecule has 1 aliphatic carbocycles. The molecule has 0 saturated heterocycles. The average Bonchev–Trinajstić information content (AvgIpc) is 2.91. The fourth-order valence-electron chi connectivity index (χ4n) is 1.24. The van der Waals surface area contributed by atoms with Crippen LogP contribution in [0.3, 0.4) is 0 Å². The van der Waals surface area contributed by atoms with Gasteiger partial charge in [-0.25, -0.2) is 0 Å². The Hall–Kier alpha value is -0.540. The molecular weight excluding hydrogens is 230 g/mol. The van der Waals surface area contributed by atoms with E-state index in [9.17, 15) is 5.11 Å². The molecule has 1 saturated carbocycles. The summed E-state index contributed by atoms with van der Waals surface area (Å²) in [4.78, 5) is 0. The highest BCUT2D eigenvalue weighted by Crippen LogP contribution is 2.28. The van der Waals surface area contributed by atoms with E-state index in [0.717, 1.165) is 16.6 Å². The van der Waals surface area contributed by atoms with Gasteiger partial charge in [0.2, 0.25) is 0 Å². The first-order valence-corrected chi connectivity index (χ1v) is 5.26. The molecule has 70 valence electrons. The largest absolute Gasteiger partial charge is 0.506 e. The topological polar surface area (TPSA) is 32.3 Å². The van der Waals surface area contributed by atoms with Crippen LogP contribution in [0.5, 0.6) is 5.75 Å². The molecule has 0 heterocycles. The Kier molecular flexibility index (Phi) is 2.56. The van der Waals surface area contributed by atoms with E-state index in [0.29, 0.717) is 11.8 Å². The van der Waals surface area contributed by atoms with Gasteiger partial charge in [-0.2, -0.15) is 0 Å². The van der Waals surface area contributed by atoms with Gasteiger partial charge < -0.3 is 10.4 Å². The van der Waals surface area contributed by atoms with Crippen molar-refractivity contribution in [1.29, 1.82) is 0 Å². The smallest absolute Gasteiger partial charge is 0.134 e. The van der Waals surface area contributed by atoms with Crippen LogP contribution in [0, 0.1) is 0 Å². The lowest BCUT2D eigenvalue weighted by Gasteiger charge is -2.06. The van der Waals surface area contributed by atoms with E-state index in [1.807, 2.05) is 18.2 Å². The summed E-state index contributed by atoms with van der Waals surface area (Å²) in [5, 5.41) is 13.0. The molecular formula is C10H12BrNO. The van der Waals surface area contributed by atoms with Crippen molar-refractivity contribution >= 4 is 15.9 Å². The van der Waals surface area contributed by atoms with Crippen molar-refractivity contribution in [3.8, 4) is 5.75 Å². The number of hydrogen-bond donors (Lipinski definition) is 2. The van der Waals surface area contributed by atoms with Crippen molar-refractivity contribution in [2.24, 2.45) is 0 Å². The van der Waals surface area contributed by atoms with E-state index in [2.05, 4.69) is 21.2 Å². The Morgan fingerprint density at radius 3 is 2.92 bits per heavy atom. The van der Waals surface area contributed by atoms with Gasteiger partial charge in [0, 0.05) is 18.2 Å². The van der Waals surface area contributed by atoms with Crippen LogP contribution in [0.2, 0.25) is 0 Å². The van der Waals surface area contributed by atoms with E-state index < -0.39 is 0 Å². The van der Waals surface area contributed by atoms with Crippen molar-refractivity contribution in [1.82, 2.24) is 5.32 Å². The van der Waals surface area contributed by atoms with Crippen molar-refractivity contribution in [3.63, 3.8) is 0 Å². The summed E-state index contributed by atoms with van der Waals surface area (Å²) in [7, 11) is 0. The molecule has 0 amide bonds. The molecule has 1 aliphatic rings. The summed E-state index contributed by atoms with van der Waals surface area (Å²) in [6, 6.07) is 6.40. The third kappa shape index (κ3) is 2.23. The number of phenols is 1. The predicted molar refractivity (Wildman–Crippen MR) is 55.7 cm³/mol. The molecule has 0 atom stereocenters. The first-order valence-electron chi connectivity index (χ1n) is 4.47. The summed E-state index contributed by atoms with van der Waals surface area (Å²) >= 11 is 3.29. The highest BCUT2D eigenvalue weighted by atomic mass is 79.9. The van der Waals surface area contributed by atoms with Crippen LogP contribution in [-0.2, 0) is 6.54 Å². The summed E-state index contributed by atoms with van der Waals surface area (Å²) in [5.41, 5.74) is 0.960. The van der Waals surface area contributed by atoms with Crippen molar-refractivity contribution in [2.45, 2.75) is 25.4 Å². The Morgan fingerprint density at radius 2 is 2.23 bits per heavy atom. The number of para-hydroxylation sites is 1. The minimum absolute atomic E-state index is 0.357. The molecule has 1 fully saturated rings. The molecule has 0 radical (unpaired) electrons. The van der Waals surface area contributed by atoms with Gasteiger partial charge in [-0.3, -0.25) is 0 Å². The van der Waals surface area contributed by atoms with Crippen LogP contribution in [-0.4, -0.2) is 11.1 Å². The van der Waals surface area contributed by atoms with Crippen molar-refractivity contribution in [2.75, 3.05) is 0 Å². The third-order valence-electron chi connectivity index (χ3n) is 2.23. The highest BCUT2D eigenvalue weighted by Gasteiger charge is 2.20. The maximum absolute atomic E-state index is 9.64. The lowest BCUT2D eigenvalue weighted by molar-refractivity contribution is 0.461. The zero-order valence-electron chi connectivity index (χ0n) is 7.26. The fraction of sp³-hybridized carbons (Fsp3) is 0.400. The van der Waals surface area contributed by atoms with Gasteiger partial charge in [-0.05, 0) is 34.8 Å². The lowest BCUT2D eigenvalue weighted by Crippen LogP contribution is -2.15. The van der Waals surface area contributed by atoms with Crippen LogP contribution in [0.1, 0.15) is 18.4 Å². The molecule has 1 aromatic rings. The molecule has 0 bridgehead atoms. The molecule has 2 N–H and O–H groups in total. The quantitative estimate of drug-likeness (QED) is 0.853. The highest BCUT2D eigenvalue weighted by molar-refractivity contribution is 9.10. The van der Waals surface area contributed by atoms with Gasteiger partial charge >= 0.3 is 0 Å². The van der Waals surface area contributed by atoms with Gasteiger partial charge in [0.05, 0.1) is 4.47 Å². The maximum atomic E-state index is 9.64. The standard InChI is InChI=1S/C10H12BrNO/c11-9-3-1-2-7(10(9)13)6-12-8-4-5-8/h1-3,8,12-13H,4-6H2. The first-order chi connectivity index (χ1) is 6.27. The Labute approximate surface area is 86.1 Å². The lowest BCUT2D eigenvalue weighted by atomic mass is 10.2. The summed E-state index contributed by atoms with van der Waals surface area (Å²) in [6.07, 6.45) is 2.55. The van der Waals surface area contributed by atoms with E-state index in [1.165, 1.54) is 12.8 Å². The maximum Gasteiger partial charge on any atom is 0.134 e. The number of aromatic hydroxyl groups is 1. The fourth-order valence-corrected chi connectivity index (χ4v) is 1.65. The Bertz CT molecular complexity index is 310. The normalized spacial score (nSPS) is 16.1. The van der Waals surface area contributed by atoms with Crippen LogP contribution < -0.4 is 5.32 Å². The molecule has 0 aliphatic heterocycles. The minimum Gasteiger partial charge on any atom is -0.506 e. The number of hydrogen-bond acceptors (Lipinski definition) is 2. The van der Waals surface area contributed by atoms with Crippen molar-refractivity contribution < 1.29 is 5.11 Å². The van der Waals surface area contributed by atoms with Crippen molar-refractivity contribution in [3.05, 3.63) is 28.2 Å². The molecule has 3 heteroatoms. The number of phenolic OH excluding ortho intramolecular Hbond substituents is 1. The number of benzene rings is 1. The van der Waals surface area contributed by atoms with Crippen LogP contribution in [0.4, 0.5) is 0 Å².